The summed E-state index contributed by atoms with van der Waals surface area (Å²) in [4.78, 5) is 16.1. The first-order valence-electron chi connectivity index (χ1n) is 10.9. The minimum absolute atomic E-state index is 0.0528. The van der Waals surface area contributed by atoms with Gasteiger partial charge in [-0.2, -0.15) is 0 Å². The molecule has 0 saturated carbocycles. The Kier molecular flexibility index (Phi) is 6.57. The number of rotatable bonds is 8. The average Bonchev–Trinajstić information content (AvgIpc) is 3.23. The van der Waals surface area contributed by atoms with E-state index in [4.69, 9.17) is 4.74 Å². The maximum absolute atomic E-state index is 12.8. The number of hydrogen-bond acceptors (Lipinski definition) is 3. The number of H-pyrrole nitrogens is 1. The largest absolute Gasteiger partial charge is 0.497 e. The highest BCUT2D eigenvalue weighted by atomic mass is 16.5. The van der Waals surface area contributed by atoms with Crippen LogP contribution >= 0.6 is 0 Å². The number of nitrogens with one attached hydrogen (secondary N) is 3. The number of methoxy groups -OCH3 is 1. The molecule has 0 aliphatic carbocycles. The molecule has 3 N–H and O–H groups in total. The maximum atomic E-state index is 12.8. The van der Waals surface area contributed by atoms with Gasteiger partial charge in [0.25, 0.3) is 0 Å². The molecule has 164 valence electrons. The second-order valence-electron chi connectivity index (χ2n) is 8.10. The summed E-state index contributed by atoms with van der Waals surface area (Å²) in [6, 6.07) is 23.9. The molecule has 32 heavy (non-hydrogen) atoms. The van der Waals surface area contributed by atoms with Gasteiger partial charge in [-0.25, -0.2) is 0 Å². The summed E-state index contributed by atoms with van der Waals surface area (Å²) in [7, 11) is 1.67. The number of fused-ring (bicyclic) bond motifs is 1. The Bertz CT molecular complexity index is 1200. The maximum Gasteiger partial charge on any atom is 0.241 e. The molecule has 0 radical (unpaired) electrons. The van der Waals surface area contributed by atoms with Gasteiger partial charge in [-0.1, -0.05) is 42.5 Å². The number of benzene rings is 3. The lowest BCUT2D eigenvalue weighted by Gasteiger charge is -2.21. The minimum atomic E-state index is -0.346. The van der Waals surface area contributed by atoms with E-state index >= 15 is 0 Å². The highest BCUT2D eigenvalue weighted by Gasteiger charge is 2.21. The summed E-state index contributed by atoms with van der Waals surface area (Å²) >= 11 is 0. The lowest BCUT2D eigenvalue weighted by atomic mass is 9.90. The Morgan fingerprint density at radius 1 is 1.03 bits per heavy atom. The number of para-hydroxylation sites is 1. The van der Waals surface area contributed by atoms with Gasteiger partial charge in [0, 0.05) is 35.2 Å². The number of carbonyl (C=O) groups excluding carboxylic acids is 1. The van der Waals surface area contributed by atoms with Crippen molar-refractivity contribution in [2.75, 3.05) is 19.0 Å². The van der Waals surface area contributed by atoms with Gasteiger partial charge >= 0.3 is 0 Å². The van der Waals surface area contributed by atoms with E-state index in [2.05, 4.69) is 52.1 Å². The second-order valence-corrected chi connectivity index (χ2v) is 8.10. The topological polar surface area (TPSA) is 66.2 Å². The predicted molar refractivity (Wildman–Crippen MR) is 130 cm³/mol. The molecule has 3 aromatic carbocycles. The average molecular weight is 428 g/mol. The van der Waals surface area contributed by atoms with Crippen LogP contribution < -0.4 is 15.4 Å². The Labute approximate surface area is 188 Å². The van der Waals surface area contributed by atoms with Crippen LogP contribution in [0.4, 0.5) is 5.69 Å². The Morgan fingerprint density at radius 2 is 1.81 bits per heavy atom. The fourth-order valence-corrected chi connectivity index (χ4v) is 3.99. The van der Waals surface area contributed by atoms with E-state index in [0.717, 1.165) is 28.1 Å². The number of hydrogen-bond donors (Lipinski definition) is 3. The molecular formula is C27H29N3O2. The normalized spacial score (nSPS) is 13.0. The third-order valence-corrected chi connectivity index (χ3v) is 5.82. The van der Waals surface area contributed by atoms with Crippen molar-refractivity contribution in [1.82, 2.24) is 10.3 Å². The Balaban J connectivity index is 1.54. The van der Waals surface area contributed by atoms with Gasteiger partial charge in [0.05, 0.1) is 13.2 Å². The predicted octanol–water partition coefficient (Wildman–Crippen LogP) is 5.23. The van der Waals surface area contributed by atoms with Crippen molar-refractivity contribution in [1.29, 1.82) is 0 Å². The van der Waals surface area contributed by atoms with Gasteiger partial charge in [-0.15, -0.1) is 0 Å². The molecule has 0 spiro atoms. The number of aryl methyl sites for hydroxylation is 1. The van der Waals surface area contributed by atoms with E-state index < -0.39 is 0 Å². The van der Waals surface area contributed by atoms with Crippen molar-refractivity contribution in [2.45, 2.75) is 25.8 Å². The molecule has 5 heteroatoms. The molecule has 5 nitrogen and oxygen atoms in total. The molecule has 0 bridgehead atoms. The smallest absolute Gasteiger partial charge is 0.241 e. The highest BCUT2D eigenvalue weighted by molar-refractivity contribution is 5.94. The molecule has 1 heterocycles. The van der Waals surface area contributed by atoms with E-state index in [9.17, 15) is 4.79 Å². The van der Waals surface area contributed by atoms with Gasteiger partial charge in [-0.05, 0) is 60.9 Å². The fraction of sp³-hybridized carbons (Fsp3) is 0.222. The van der Waals surface area contributed by atoms with E-state index in [0.29, 0.717) is 6.54 Å². The number of ether oxygens (including phenoxy) is 1. The zero-order valence-corrected chi connectivity index (χ0v) is 18.7. The highest BCUT2D eigenvalue weighted by Crippen LogP contribution is 2.31. The van der Waals surface area contributed by atoms with Crippen molar-refractivity contribution in [2.24, 2.45) is 0 Å². The molecule has 0 aliphatic heterocycles. The van der Waals surface area contributed by atoms with Crippen LogP contribution in [-0.2, 0) is 4.79 Å². The third-order valence-electron chi connectivity index (χ3n) is 5.82. The molecule has 4 aromatic rings. The zero-order valence-electron chi connectivity index (χ0n) is 18.7. The van der Waals surface area contributed by atoms with Crippen LogP contribution in [0.5, 0.6) is 5.75 Å². The van der Waals surface area contributed by atoms with Gasteiger partial charge in [0.1, 0.15) is 5.75 Å². The van der Waals surface area contributed by atoms with Crippen molar-refractivity contribution in [3.05, 3.63) is 95.7 Å². The van der Waals surface area contributed by atoms with Gasteiger partial charge in [0.2, 0.25) is 5.91 Å². The first-order chi connectivity index (χ1) is 15.5. The summed E-state index contributed by atoms with van der Waals surface area (Å²) in [5.74, 6) is 0.847. The number of anilines is 1. The van der Waals surface area contributed by atoms with Gasteiger partial charge < -0.3 is 20.4 Å². The van der Waals surface area contributed by atoms with E-state index in [-0.39, 0.29) is 17.9 Å². The van der Waals surface area contributed by atoms with Crippen LogP contribution in [0.15, 0.2) is 79.0 Å². The van der Waals surface area contributed by atoms with Crippen LogP contribution in [-0.4, -0.2) is 30.6 Å². The molecule has 0 saturated heterocycles. The number of aromatic nitrogens is 1. The third kappa shape index (κ3) is 4.84. The summed E-state index contributed by atoms with van der Waals surface area (Å²) in [6.07, 6.45) is 2.07. The Morgan fingerprint density at radius 3 is 2.56 bits per heavy atom. The molecule has 2 atom stereocenters. The van der Waals surface area contributed by atoms with Crippen molar-refractivity contribution >= 4 is 22.5 Å². The van der Waals surface area contributed by atoms with Crippen LogP contribution in [0.1, 0.15) is 29.5 Å². The van der Waals surface area contributed by atoms with Crippen molar-refractivity contribution in [3.8, 4) is 5.75 Å². The summed E-state index contributed by atoms with van der Waals surface area (Å²) in [5.41, 5.74) is 5.39. The number of aromatic amines is 1. The lowest BCUT2D eigenvalue weighted by Crippen LogP contribution is -2.40. The summed E-state index contributed by atoms with van der Waals surface area (Å²) < 4.78 is 5.33. The molecular weight excluding hydrogens is 398 g/mol. The van der Waals surface area contributed by atoms with Gasteiger partial charge in [-0.3, -0.25) is 4.79 Å². The van der Waals surface area contributed by atoms with Crippen LogP contribution in [0, 0.1) is 6.92 Å². The molecule has 1 aromatic heterocycles. The van der Waals surface area contributed by atoms with E-state index in [1.165, 1.54) is 10.9 Å². The molecule has 0 fully saturated rings. The van der Waals surface area contributed by atoms with Crippen LogP contribution in [0.2, 0.25) is 0 Å². The number of carbonyl (C=O) groups is 1. The first-order valence-corrected chi connectivity index (χ1v) is 10.9. The quantitative estimate of drug-likeness (QED) is 0.361. The SMILES string of the molecule is COc1ccc([C@@H](CN[C@@H](C)C(=O)Nc2cccc(C)c2)c2c[nH]c3ccccc23)cc1. The van der Waals surface area contributed by atoms with Crippen molar-refractivity contribution < 1.29 is 9.53 Å². The monoisotopic (exact) mass is 427 g/mol. The van der Waals surface area contributed by atoms with Crippen LogP contribution in [0.3, 0.4) is 0 Å². The number of amides is 1. The Hall–Kier alpha value is -3.57. The lowest BCUT2D eigenvalue weighted by molar-refractivity contribution is -0.117. The van der Waals surface area contributed by atoms with E-state index in [1.807, 2.05) is 56.3 Å². The first kappa shape index (κ1) is 21.7. The molecule has 1 amide bonds. The van der Waals surface area contributed by atoms with Gasteiger partial charge in [0.15, 0.2) is 0 Å². The standard InChI is InChI=1S/C27H29N3O2/c1-18-7-6-8-21(15-18)30-27(31)19(2)28-16-24(20-11-13-22(32-3)14-12-20)25-17-29-26-10-5-4-9-23(25)26/h4-15,17,19,24,28-29H,16H2,1-3H3,(H,30,31)/t19-,24+/m0/s1. The zero-order chi connectivity index (χ0) is 22.5. The molecule has 4 rings (SSSR count). The summed E-state index contributed by atoms with van der Waals surface area (Å²) in [5, 5.41) is 7.63. The van der Waals surface area contributed by atoms with Crippen molar-refractivity contribution in [3.63, 3.8) is 0 Å². The fourth-order valence-electron chi connectivity index (χ4n) is 3.99. The minimum Gasteiger partial charge on any atom is -0.497 e. The summed E-state index contributed by atoms with van der Waals surface area (Å²) in [6.45, 7) is 4.53. The molecule has 0 unspecified atom stereocenters. The van der Waals surface area contributed by atoms with E-state index in [1.54, 1.807) is 7.11 Å². The molecule has 0 aliphatic rings. The van der Waals surface area contributed by atoms with Crippen LogP contribution in [0.25, 0.3) is 10.9 Å². The second kappa shape index (κ2) is 9.71.